The van der Waals surface area contributed by atoms with E-state index in [4.69, 9.17) is 0 Å². The molecule has 1 aromatic carbocycles. The fourth-order valence-electron chi connectivity index (χ4n) is 4.51. The quantitative estimate of drug-likeness (QED) is 0.628. The summed E-state index contributed by atoms with van der Waals surface area (Å²) < 4.78 is 25.6. The molecule has 0 saturated carbocycles. The number of nitrogens with zero attached hydrogens (tertiary/aromatic N) is 4. The number of nitrogens with one attached hydrogen (secondary N) is 1. The molecule has 1 N–H and O–H groups in total. The fourth-order valence-corrected chi connectivity index (χ4v) is 6.20. The van der Waals surface area contributed by atoms with Crippen molar-refractivity contribution in [2.45, 2.75) is 45.3 Å². The van der Waals surface area contributed by atoms with Crippen LogP contribution in [0.15, 0.2) is 30.3 Å². The monoisotopic (exact) mass is 459 g/mol. The van der Waals surface area contributed by atoms with E-state index in [0.29, 0.717) is 19.4 Å². The van der Waals surface area contributed by atoms with Crippen LogP contribution in [0.2, 0.25) is 0 Å². The van der Waals surface area contributed by atoms with E-state index in [1.807, 2.05) is 60.8 Å². The van der Waals surface area contributed by atoms with Gasteiger partial charge in [-0.1, -0.05) is 30.3 Å². The predicted molar refractivity (Wildman–Crippen MR) is 120 cm³/mol. The van der Waals surface area contributed by atoms with Gasteiger partial charge in [-0.15, -0.1) is 0 Å². The van der Waals surface area contributed by atoms with Crippen LogP contribution in [0.1, 0.15) is 35.0 Å². The molecule has 0 unspecified atom stereocenters. The lowest BCUT2D eigenvalue weighted by Gasteiger charge is -2.22. The number of benzene rings is 1. The average molecular weight is 460 g/mol. The van der Waals surface area contributed by atoms with Crippen molar-refractivity contribution in [2.24, 2.45) is 0 Å². The molecule has 2 atom stereocenters. The zero-order valence-electron chi connectivity index (χ0n) is 18.6. The van der Waals surface area contributed by atoms with Gasteiger partial charge in [0.25, 0.3) is 5.91 Å². The van der Waals surface area contributed by atoms with E-state index in [1.165, 1.54) is 4.90 Å². The number of rotatable bonds is 7. The maximum Gasteiger partial charge on any atom is 0.325 e. The molecule has 10 heteroatoms. The zero-order valence-corrected chi connectivity index (χ0v) is 19.4. The van der Waals surface area contributed by atoms with Crippen molar-refractivity contribution in [3.63, 3.8) is 0 Å². The summed E-state index contributed by atoms with van der Waals surface area (Å²) in [6.45, 7) is 4.51. The van der Waals surface area contributed by atoms with Crippen LogP contribution >= 0.6 is 0 Å². The molecule has 32 heavy (non-hydrogen) atoms. The summed E-state index contributed by atoms with van der Waals surface area (Å²) >= 11 is 0. The Kier molecular flexibility index (Phi) is 6.09. The number of hydrogen-bond donors (Lipinski definition) is 1. The highest BCUT2D eigenvalue weighted by Crippen LogP contribution is 2.27. The molecule has 3 heterocycles. The van der Waals surface area contributed by atoms with E-state index in [0.717, 1.165) is 22.5 Å². The molecule has 172 valence electrons. The zero-order chi connectivity index (χ0) is 23.0. The first-order chi connectivity index (χ1) is 15.1. The molecule has 2 aliphatic heterocycles. The SMILES string of the molecule is Cc1nn([C@H]2CCS(=O)(=O)C2)c(C)c1CN(C)CN1C(=O)N[C@H](Cc2ccccc2)C1=O. The summed E-state index contributed by atoms with van der Waals surface area (Å²) in [5.74, 6) is 0.0860. The Labute approximate surface area is 188 Å². The fraction of sp³-hybridized carbons (Fsp3) is 0.500. The molecule has 2 aromatic rings. The van der Waals surface area contributed by atoms with Gasteiger partial charge in [-0.25, -0.2) is 18.1 Å². The van der Waals surface area contributed by atoms with Crippen molar-refractivity contribution < 1.29 is 18.0 Å². The number of urea groups is 1. The van der Waals surface area contributed by atoms with Gasteiger partial charge in [0, 0.05) is 24.2 Å². The molecular weight excluding hydrogens is 430 g/mol. The highest BCUT2D eigenvalue weighted by atomic mass is 32.2. The number of imide groups is 1. The first-order valence-electron chi connectivity index (χ1n) is 10.7. The van der Waals surface area contributed by atoms with E-state index in [-0.39, 0.29) is 36.2 Å². The Morgan fingerprint density at radius 1 is 1.19 bits per heavy atom. The summed E-state index contributed by atoms with van der Waals surface area (Å²) in [4.78, 5) is 28.4. The third-order valence-corrected chi connectivity index (χ3v) is 7.98. The lowest BCUT2D eigenvalue weighted by Crippen LogP contribution is -2.40. The van der Waals surface area contributed by atoms with Crippen molar-refractivity contribution in [3.8, 4) is 0 Å². The highest BCUT2D eigenvalue weighted by Gasteiger charge is 2.38. The van der Waals surface area contributed by atoms with Crippen molar-refractivity contribution in [3.05, 3.63) is 52.8 Å². The van der Waals surface area contributed by atoms with E-state index < -0.39 is 15.9 Å². The van der Waals surface area contributed by atoms with Gasteiger partial charge in [0.1, 0.15) is 6.04 Å². The van der Waals surface area contributed by atoms with Crippen LogP contribution in [0.25, 0.3) is 0 Å². The maximum absolute atomic E-state index is 12.8. The molecule has 2 aliphatic rings. The van der Waals surface area contributed by atoms with Gasteiger partial charge in [-0.3, -0.25) is 14.4 Å². The van der Waals surface area contributed by atoms with Gasteiger partial charge in [0.05, 0.1) is 29.9 Å². The number of amides is 3. The number of carbonyl (C=O) groups excluding carboxylic acids is 2. The minimum absolute atomic E-state index is 0.121. The van der Waals surface area contributed by atoms with E-state index in [9.17, 15) is 18.0 Å². The molecule has 2 saturated heterocycles. The van der Waals surface area contributed by atoms with Crippen molar-refractivity contribution >= 4 is 21.8 Å². The summed E-state index contributed by atoms with van der Waals surface area (Å²) in [6.07, 6.45) is 1.03. The third kappa shape index (κ3) is 4.56. The smallest absolute Gasteiger partial charge is 0.325 e. The third-order valence-electron chi connectivity index (χ3n) is 6.23. The predicted octanol–water partition coefficient (Wildman–Crippen LogP) is 1.41. The van der Waals surface area contributed by atoms with Crippen molar-refractivity contribution in [1.82, 2.24) is 24.9 Å². The second-order valence-electron chi connectivity index (χ2n) is 8.76. The maximum atomic E-state index is 12.8. The second-order valence-corrected chi connectivity index (χ2v) is 11.0. The van der Waals surface area contributed by atoms with E-state index in [2.05, 4.69) is 10.4 Å². The first-order valence-corrected chi connectivity index (χ1v) is 12.6. The first kappa shape index (κ1) is 22.5. The molecule has 2 fully saturated rings. The van der Waals surface area contributed by atoms with Gasteiger partial charge in [0.15, 0.2) is 9.84 Å². The standard InChI is InChI=1S/C22H29N5O4S/c1-15-19(16(2)27(24-15)18-9-10-32(30,31)13-18)12-25(3)14-26-21(28)20(23-22(26)29)11-17-7-5-4-6-8-17/h4-8,18,20H,9-14H2,1-3H3,(H,23,29)/t18-,20+/m0/s1. The minimum Gasteiger partial charge on any atom is -0.325 e. The van der Waals surface area contributed by atoms with E-state index in [1.54, 1.807) is 0 Å². The van der Waals surface area contributed by atoms with Crippen LogP contribution in [0, 0.1) is 13.8 Å². The summed E-state index contributed by atoms with van der Waals surface area (Å²) in [5.41, 5.74) is 3.74. The Bertz CT molecular complexity index is 1130. The number of sulfone groups is 1. The largest absolute Gasteiger partial charge is 0.325 e. The van der Waals surface area contributed by atoms with Gasteiger partial charge in [-0.2, -0.15) is 5.10 Å². The van der Waals surface area contributed by atoms with Crippen LogP contribution in [-0.2, 0) is 27.6 Å². The molecule has 9 nitrogen and oxygen atoms in total. The number of hydrogen-bond acceptors (Lipinski definition) is 6. The normalized spacial score (nSPS) is 22.7. The van der Waals surface area contributed by atoms with Gasteiger partial charge >= 0.3 is 6.03 Å². The average Bonchev–Trinajstić information content (AvgIpc) is 3.33. The lowest BCUT2D eigenvalue weighted by atomic mass is 10.1. The Morgan fingerprint density at radius 3 is 2.56 bits per heavy atom. The molecular formula is C22H29N5O4S. The molecule has 0 bridgehead atoms. The summed E-state index contributed by atoms with van der Waals surface area (Å²) in [7, 11) is -1.15. The van der Waals surface area contributed by atoms with Crippen molar-refractivity contribution in [2.75, 3.05) is 25.2 Å². The van der Waals surface area contributed by atoms with Crippen LogP contribution in [-0.4, -0.2) is 71.2 Å². The van der Waals surface area contributed by atoms with Gasteiger partial charge in [-0.05, 0) is 32.9 Å². The topological polar surface area (TPSA) is 105 Å². The molecule has 0 aliphatic carbocycles. The molecule has 3 amide bonds. The second kappa shape index (κ2) is 8.67. The Balaban J connectivity index is 1.41. The van der Waals surface area contributed by atoms with Crippen molar-refractivity contribution in [1.29, 1.82) is 0 Å². The van der Waals surface area contributed by atoms with Gasteiger partial charge in [0.2, 0.25) is 0 Å². The summed E-state index contributed by atoms with van der Waals surface area (Å²) in [5, 5.41) is 7.38. The lowest BCUT2D eigenvalue weighted by molar-refractivity contribution is -0.128. The molecule has 0 spiro atoms. The number of aryl methyl sites for hydroxylation is 1. The number of aromatic nitrogens is 2. The molecule has 4 rings (SSSR count). The van der Waals surface area contributed by atoms with Crippen LogP contribution in [0.4, 0.5) is 4.79 Å². The number of carbonyl (C=O) groups is 2. The Hall–Kier alpha value is -2.72. The summed E-state index contributed by atoms with van der Waals surface area (Å²) in [6, 6.07) is 8.53. The van der Waals surface area contributed by atoms with E-state index >= 15 is 0 Å². The van der Waals surface area contributed by atoms with Gasteiger partial charge < -0.3 is 5.32 Å². The molecule has 1 aromatic heterocycles. The van der Waals surface area contributed by atoms with Crippen LogP contribution in [0.5, 0.6) is 0 Å². The van der Waals surface area contributed by atoms with Crippen LogP contribution in [0.3, 0.4) is 0 Å². The Morgan fingerprint density at radius 2 is 1.91 bits per heavy atom. The minimum atomic E-state index is -3.00. The van der Waals surface area contributed by atoms with Crippen LogP contribution < -0.4 is 5.32 Å². The molecule has 0 radical (unpaired) electrons. The highest BCUT2D eigenvalue weighted by molar-refractivity contribution is 7.91.